The predicted molar refractivity (Wildman–Crippen MR) is 111 cm³/mol. The molecule has 1 N–H and O–H groups in total. The molecular formula is C22H17F2N5O2. The molecule has 9 heteroatoms. The van der Waals surface area contributed by atoms with Crippen molar-refractivity contribution in [2.24, 2.45) is 0 Å². The summed E-state index contributed by atoms with van der Waals surface area (Å²) in [6.07, 6.45) is 1.81. The molecule has 0 atom stereocenters. The fourth-order valence-electron chi connectivity index (χ4n) is 3.22. The van der Waals surface area contributed by atoms with Gasteiger partial charge in [-0.25, -0.2) is 9.97 Å². The number of aromatic nitrogens is 3. The highest BCUT2D eigenvalue weighted by Gasteiger charge is 2.15. The number of methoxy groups -OCH3 is 1. The number of pyridine rings is 2. The second-order valence-corrected chi connectivity index (χ2v) is 6.61. The first kappa shape index (κ1) is 20.1. The summed E-state index contributed by atoms with van der Waals surface area (Å²) in [4.78, 5) is 9.20. The van der Waals surface area contributed by atoms with Crippen molar-refractivity contribution in [1.29, 1.82) is 5.26 Å². The molecular weight excluding hydrogens is 404 g/mol. The van der Waals surface area contributed by atoms with Gasteiger partial charge in [0, 0.05) is 5.69 Å². The van der Waals surface area contributed by atoms with E-state index >= 15 is 0 Å². The van der Waals surface area contributed by atoms with E-state index in [0.717, 1.165) is 17.0 Å². The van der Waals surface area contributed by atoms with Gasteiger partial charge in [-0.3, -0.25) is 4.40 Å². The summed E-state index contributed by atoms with van der Waals surface area (Å²) in [6.45, 7) is -1.02. The van der Waals surface area contributed by atoms with Gasteiger partial charge in [0.25, 0.3) is 0 Å². The summed E-state index contributed by atoms with van der Waals surface area (Å²) in [6, 6.07) is 15.1. The first-order valence-electron chi connectivity index (χ1n) is 9.24. The van der Waals surface area contributed by atoms with E-state index in [2.05, 4.69) is 26.1 Å². The molecule has 3 aromatic heterocycles. The number of nitriles is 1. The molecule has 31 heavy (non-hydrogen) atoms. The molecule has 0 saturated heterocycles. The third-order valence-electron chi connectivity index (χ3n) is 4.55. The Morgan fingerprint density at radius 1 is 1.06 bits per heavy atom. The predicted octanol–water partition coefficient (Wildman–Crippen LogP) is 4.93. The van der Waals surface area contributed by atoms with Crippen LogP contribution in [0.25, 0.3) is 17.0 Å². The van der Waals surface area contributed by atoms with Gasteiger partial charge in [-0.05, 0) is 55.5 Å². The highest BCUT2D eigenvalue weighted by Crippen LogP contribution is 2.28. The molecule has 0 aliphatic rings. The minimum Gasteiger partial charge on any atom is -0.495 e. The van der Waals surface area contributed by atoms with Gasteiger partial charge >= 0.3 is 6.61 Å². The number of hydrogen-bond donors (Lipinski definition) is 1. The molecule has 156 valence electrons. The van der Waals surface area contributed by atoms with Crippen LogP contribution in [0.1, 0.15) is 11.3 Å². The summed E-state index contributed by atoms with van der Waals surface area (Å²) < 4.78 is 36.2. The average Bonchev–Trinajstić information content (AvgIpc) is 3.09. The maximum absolute atomic E-state index is 12.3. The van der Waals surface area contributed by atoms with Crippen LogP contribution in [0.3, 0.4) is 0 Å². The van der Waals surface area contributed by atoms with Crippen molar-refractivity contribution in [3.05, 3.63) is 66.0 Å². The molecule has 7 nitrogen and oxygen atoms in total. The van der Waals surface area contributed by atoms with E-state index in [0.29, 0.717) is 28.5 Å². The monoisotopic (exact) mass is 421 g/mol. The summed E-state index contributed by atoms with van der Waals surface area (Å²) >= 11 is 0. The zero-order valence-electron chi connectivity index (χ0n) is 16.6. The van der Waals surface area contributed by atoms with Crippen molar-refractivity contribution in [3.8, 4) is 29.0 Å². The zero-order valence-corrected chi connectivity index (χ0v) is 16.6. The molecule has 0 unspecified atom stereocenters. The van der Waals surface area contributed by atoms with Gasteiger partial charge in [-0.1, -0.05) is 0 Å². The van der Waals surface area contributed by atoms with Crippen LogP contribution in [0.5, 0.6) is 11.5 Å². The third kappa shape index (κ3) is 4.23. The van der Waals surface area contributed by atoms with E-state index in [1.807, 2.05) is 23.5 Å². The first-order valence-corrected chi connectivity index (χ1v) is 9.24. The molecule has 0 fully saturated rings. The van der Waals surface area contributed by atoms with Crippen molar-refractivity contribution < 1.29 is 18.3 Å². The van der Waals surface area contributed by atoms with E-state index in [1.165, 1.54) is 12.1 Å². The standard InChI is InChI=1S/C22H17F2N5O2/c1-13-21(29-12-17(30-2)7-8-20(29)26-13)18-9-14(11-25)10-19(28-18)27-15-3-5-16(6-4-15)31-22(23)24/h3-10,12,22H,1-2H3,(H,27,28). The van der Waals surface area contributed by atoms with Gasteiger partial charge in [-0.2, -0.15) is 14.0 Å². The topological polar surface area (TPSA) is 84.5 Å². The Morgan fingerprint density at radius 2 is 1.81 bits per heavy atom. The number of hydrogen-bond acceptors (Lipinski definition) is 6. The van der Waals surface area contributed by atoms with Crippen LogP contribution in [-0.4, -0.2) is 28.1 Å². The van der Waals surface area contributed by atoms with Gasteiger partial charge in [0.1, 0.15) is 23.0 Å². The molecule has 0 bridgehead atoms. The van der Waals surface area contributed by atoms with Gasteiger partial charge in [0.15, 0.2) is 0 Å². The number of rotatable bonds is 6. The maximum atomic E-state index is 12.3. The number of alkyl halides is 2. The Morgan fingerprint density at radius 3 is 2.48 bits per heavy atom. The van der Waals surface area contributed by atoms with Crippen LogP contribution < -0.4 is 14.8 Å². The molecule has 3 heterocycles. The van der Waals surface area contributed by atoms with Crippen molar-refractivity contribution >= 4 is 17.2 Å². The summed E-state index contributed by atoms with van der Waals surface area (Å²) in [7, 11) is 1.58. The highest BCUT2D eigenvalue weighted by molar-refractivity contribution is 5.69. The lowest BCUT2D eigenvalue weighted by atomic mass is 10.1. The van der Waals surface area contributed by atoms with Gasteiger partial charge in [0.05, 0.1) is 42.0 Å². The van der Waals surface area contributed by atoms with E-state index in [1.54, 1.807) is 37.6 Å². The van der Waals surface area contributed by atoms with Crippen molar-refractivity contribution in [1.82, 2.24) is 14.4 Å². The summed E-state index contributed by atoms with van der Waals surface area (Å²) in [5.74, 6) is 1.14. The van der Waals surface area contributed by atoms with Crippen LogP contribution in [0, 0.1) is 18.3 Å². The van der Waals surface area contributed by atoms with Crippen LogP contribution in [0.4, 0.5) is 20.3 Å². The molecule has 0 aliphatic carbocycles. The van der Waals surface area contributed by atoms with Crippen LogP contribution >= 0.6 is 0 Å². The number of ether oxygens (including phenoxy) is 2. The van der Waals surface area contributed by atoms with Crippen LogP contribution in [0.2, 0.25) is 0 Å². The summed E-state index contributed by atoms with van der Waals surface area (Å²) in [5, 5.41) is 12.6. The number of benzene rings is 1. The molecule has 0 aliphatic heterocycles. The van der Waals surface area contributed by atoms with E-state index in [9.17, 15) is 14.0 Å². The lowest BCUT2D eigenvalue weighted by Crippen LogP contribution is -2.02. The molecule has 0 saturated carbocycles. The molecule has 0 amide bonds. The number of aryl methyl sites for hydroxylation is 1. The van der Waals surface area contributed by atoms with E-state index < -0.39 is 6.61 Å². The average molecular weight is 421 g/mol. The normalized spacial score (nSPS) is 10.8. The maximum Gasteiger partial charge on any atom is 0.387 e. The van der Waals surface area contributed by atoms with Crippen molar-refractivity contribution in [3.63, 3.8) is 0 Å². The quantitative estimate of drug-likeness (QED) is 0.475. The molecule has 0 spiro atoms. The Balaban J connectivity index is 1.73. The van der Waals surface area contributed by atoms with Gasteiger partial charge in [0.2, 0.25) is 0 Å². The van der Waals surface area contributed by atoms with Crippen molar-refractivity contribution in [2.45, 2.75) is 13.5 Å². The van der Waals surface area contributed by atoms with E-state index in [-0.39, 0.29) is 5.75 Å². The lowest BCUT2D eigenvalue weighted by Gasteiger charge is -2.11. The molecule has 1 aromatic carbocycles. The molecule has 4 rings (SSSR count). The largest absolute Gasteiger partial charge is 0.495 e. The van der Waals surface area contributed by atoms with Gasteiger partial charge < -0.3 is 14.8 Å². The fourth-order valence-corrected chi connectivity index (χ4v) is 3.22. The Hall–Kier alpha value is -4.19. The van der Waals surface area contributed by atoms with Gasteiger partial charge in [-0.15, -0.1) is 0 Å². The van der Waals surface area contributed by atoms with Crippen LogP contribution in [-0.2, 0) is 0 Å². The second-order valence-electron chi connectivity index (χ2n) is 6.61. The first-order chi connectivity index (χ1) is 15.0. The number of nitrogens with zero attached hydrogens (tertiary/aromatic N) is 4. The Bertz CT molecular complexity index is 1280. The van der Waals surface area contributed by atoms with Crippen LogP contribution in [0.15, 0.2) is 54.7 Å². The minimum absolute atomic E-state index is 0.0512. The SMILES string of the molecule is COc1ccc2nc(C)c(-c3cc(C#N)cc(Nc4ccc(OC(F)F)cc4)n3)n2c1. The minimum atomic E-state index is -2.89. The number of imidazole rings is 1. The second kappa shape index (κ2) is 8.28. The van der Waals surface area contributed by atoms with Crippen molar-refractivity contribution in [2.75, 3.05) is 12.4 Å². The third-order valence-corrected chi connectivity index (χ3v) is 4.55. The Labute approximate surface area is 176 Å². The molecule has 4 aromatic rings. The lowest BCUT2D eigenvalue weighted by molar-refractivity contribution is -0.0498. The summed E-state index contributed by atoms with van der Waals surface area (Å²) in [5.41, 5.74) is 3.76. The highest BCUT2D eigenvalue weighted by atomic mass is 19.3. The smallest absolute Gasteiger partial charge is 0.387 e. The number of anilines is 2. The van der Waals surface area contributed by atoms with E-state index in [4.69, 9.17) is 4.74 Å². The number of nitrogens with one attached hydrogen (secondary N) is 1. The molecule has 0 radical (unpaired) electrons. The number of fused-ring (bicyclic) bond motifs is 1. The Kier molecular flexibility index (Phi) is 5.37. The zero-order chi connectivity index (χ0) is 22.0. The number of halogens is 2. The fraction of sp³-hybridized carbons (Fsp3) is 0.136.